The number of aliphatic hydroxyl groups is 1. The molecule has 3 aromatic heterocycles. The van der Waals surface area contributed by atoms with Gasteiger partial charge in [0.1, 0.15) is 43.2 Å². The minimum absolute atomic E-state index is 0.00557. The van der Waals surface area contributed by atoms with Crippen LogP contribution in [0.1, 0.15) is 25.3 Å². The molecule has 8 N–H and O–H groups in total. The summed E-state index contributed by atoms with van der Waals surface area (Å²) in [5.41, 5.74) is 9.82. The van der Waals surface area contributed by atoms with Crippen LogP contribution < -0.4 is 22.7 Å². The van der Waals surface area contributed by atoms with Crippen LogP contribution in [0.2, 0.25) is 0 Å². The number of hydrogen-bond acceptors (Lipinski definition) is 15. The van der Waals surface area contributed by atoms with Gasteiger partial charge in [0, 0.05) is 23.6 Å². The van der Waals surface area contributed by atoms with Crippen molar-refractivity contribution in [2.45, 2.75) is 49.7 Å². The number of ether oxygens (including phenoxy) is 2. The molecule has 2 aliphatic heterocycles. The van der Waals surface area contributed by atoms with E-state index < -0.39 is 77.4 Å². The number of hydrogen-bond donors (Lipinski definition) is 6. The number of anilines is 2. The maximum absolute atomic E-state index is 12.9. The Hall–Kier alpha value is -3.16. The summed E-state index contributed by atoms with van der Waals surface area (Å²) < 4.78 is 53.0. The molecule has 5 rings (SSSR count). The standard InChI is InChI=1S/C19H24N8O12P2/c20-12-1-2-26(19(30)23-12)13-3-8(28)10(37-13)6-36-41(33,34)39-9-4-14(38-11(9)5-35-40(31)32)27-7-22-15-16(27)24-18(21)25-17(15)29/h1-2,7-11,13-14,28H,3-6H2,(H6-,20,21,23,24,25,29,30,31,32,33,34)/p+1/t8-,9-,10+,11+,13+,14+/m0/s1. The number of nitrogens with zero attached hydrogens (tertiary/aromatic N) is 5. The van der Waals surface area contributed by atoms with Gasteiger partial charge in [-0.05, 0) is 6.07 Å². The van der Waals surface area contributed by atoms with E-state index in [0.717, 1.165) is 4.57 Å². The Kier molecular flexibility index (Phi) is 8.31. The number of aromatic nitrogens is 6. The number of H-pyrrole nitrogens is 1. The minimum Gasteiger partial charge on any atom is -0.390 e. The highest BCUT2D eigenvalue weighted by atomic mass is 31.2. The van der Waals surface area contributed by atoms with Gasteiger partial charge in [-0.15, -0.1) is 9.42 Å². The lowest BCUT2D eigenvalue weighted by Gasteiger charge is -2.21. The van der Waals surface area contributed by atoms with Crippen LogP contribution in [0, 0.1) is 0 Å². The molecule has 22 heteroatoms. The van der Waals surface area contributed by atoms with E-state index in [1.165, 1.54) is 23.2 Å². The topological polar surface area (TPSA) is 291 Å². The molecule has 5 heterocycles. The number of phosphoric acid groups is 1. The fraction of sp³-hybridized carbons (Fsp3) is 0.526. The zero-order valence-electron chi connectivity index (χ0n) is 20.8. The number of aliphatic hydroxyl groups excluding tert-OH is 1. The molecule has 0 amide bonds. The zero-order chi connectivity index (χ0) is 29.5. The Bertz CT molecular complexity index is 1610. The quantitative estimate of drug-likeness (QED) is 0.143. The molecule has 0 aromatic carbocycles. The normalized spacial score (nSPS) is 28.2. The van der Waals surface area contributed by atoms with Crippen LogP contribution in [-0.2, 0) is 32.2 Å². The van der Waals surface area contributed by atoms with Crippen molar-refractivity contribution in [3.05, 3.63) is 39.4 Å². The lowest BCUT2D eigenvalue weighted by molar-refractivity contribution is -0.0549. The number of fused-ring (bicyclic) bond motifs is 1. The van der Waals surface area contributed by atoms with Crippen LogP contribution in [0.5, 0.6) is 0 Å². The highest BCUT2D eigenvalue weighted by Gasteiger charge is 2.44. The Morgan fingerprint density at radius 2 is 1.88 bits per heavy atom. The predicted octanol–water partition coefficient (Wildman–Crippen LogP) is -1.35. The van der Waals surface area contributed by atoms with Gasteiger partial charge < -0.3 is 30.9 Å². The molecular weight excluding hydrogens is 594 g/mol. The number of nitrogen functional groups attached to an aromatic ring is 2. The zero-order valence-corrected chi connectivity index (χ0v) is 22.6. The molecule has 0 bridgehead atoms. The van der Waals surface area contributed by atoms with Gasteiger partial charge in [0.2, 0.25) is 5.95 Å². The van der Waals surface area contributed by atoms with Crippen molar-refractivity contribution in [3.8, 4) is 0 Å². The minimum atomic E-state index is -4.86. The first-order valence-corrected chi connectivity index (χ1v) is 14.5. The number of phosphoric ester groups is 1. The van der Waals surface area contributed by atoms with Crippen LogP contribution in [0.3, 0.4) is 0 Å². The molecule has 2 fully saturated rings. The van der Waals surface area contributed by atoms with Crippen LogP contribution in [0.4, 0.5) is 11.8 Å². The van der Waals surface area contributed by atoms with E-state index in [1.807, 2.05) is 0 Å². The second-order valence-electron chi connectivity index (χ2n) is 9.06. The highest BCUT2D eigenvalue weighted by Crippen LogP contribution is 2.49. The number of aromatic amines is 1. The smallest absolute Gasteiger partial charge is 0.390 e. The van der Waals surface area contributed by atoms with Gasteiger partial charge in [0.15, 0.2) is 11.2 Å². The van der Waals surface area contributed by atoms with Gasteiger partial charge in [-0.2, -0.15) is 9.97 Å². The summed E-state index contributed by atoms with van der Waals surface area (Å²) in [7, 11) is -7.89. The number of imidazole rings is 1. The Morgan fingerprint density at radius 1 is 1.15 bits per heavy atom. The fourth-order valence-corrected chi connectivity index (χ4v) is 5.71. The van der Waals surface area contributed by atoms with Crippen LogP contribution in [-0.4, -0.2) is 81.6 Å². The van der Waals surface area contributed by atoms with Crippen LogP contribution in [0.15, 0.2) is 28.2 Å². The second kappa shape index (κ2) is 11.6. The van der Waals surface area contributed by atoms with E-state index in [1.54, 1.807) is 0 Å². The van der Waals surface area contributed by atoms with E-state index in [4.69, 9.17) is 39.4 Å². The van der Waals surface area contributed by atoms with Crippen molar-refractivity contribution in [1.29, 1.82) is 0 Å². The van der Waals surface area contributed by atoms with E-state index >= 15 is 0 Å². The highest BCUT2D eigenvalue weighted by molar-refractivity contribution is 7.47. The molecule has 2 unspecified atom stereocenters. The summed E-state index contributed by atoms with van der Waals surface area (Å²) in [4.78, 5) is 57.6. The van der Waals surface area contributed by atoms with Crippen molar-refractivity contribution >= 4 is 39.0 Å². The third-order valence-electron chi connectivity index (χ3n) is 6.33. The Morgan fingerprint density at radius 3 is 2.61 bits per heavy atom. The molecule has 2 aliphatic rings. The van der Waals surface area contributed by atoms with Crippen molar-refractivity contribution in [3.63, 3.8) is 0 Å². The third-order valence-corrected chi connectivity index (χ3v) is 7.71. The summed E-state index contributed by atoms with van der Waals surface area (Å²) >= 11 is 0. The molecule has 8 atom stereocenters. The molecular formula is C19H25N8O12P2+. The van der Waals surface area contributed by atoms with E-state index in [2.05, 4.69) is 19.9 Å². The maximum atomic E-state index is 12.9. The van der Waals surface area contributed by atoms with Crippen molar-refractivity contribution in [1.82, 2.24) is 29.1 Å². The van der Waals surface area contributed by atoms with Gasteiger partial charge in [0.05, 0.1) is 19.0 Å². The first-order valence-electron chi connectivity index (χ1n) is 11.9. The molecule has 41 heavy (non-hydrogen) atoms. The SMILES string of the molecule is Nc1ccn([C@H]2C[C@H](O)[C@@H](COP(=O)(O)O[C@H]3C[C@H](n4cnc5c(=O)[nH]c(N)nc54)O[C@@H]3CO[P+](=O)O)O2)c(=O)n1. The lowest BCUT2D eigenvalue weighted by Crippen LogP contribution is -2.30. The number of rotatable bonds is 10. The Balaban J connectivity index is 1.26. The molecule has 3 aromatic rings. The van der Waals surface area contributed by atoms with E-state index in [0.29, 0.717) is 0 Å². The van der Waals surface area contributed by atoms with Crippen LogP contribution >= 0.6 is 16.1 Å². The maximum Gasteiger partial charge on any atom is 0.694 e. The molecule has 0 saturated carbocycles. The molecule has 222 valence electrons. The predicted molar refractivity (Wildman–Crippen MR) is 135 cm³/mol. The van der Waals surface area contributed by atoms with Gasteiger partial charge in [-0.25, -0.2) is 14.3 Å². The average molecular weight is 619 g/mol. The summed E-state index contributed by atoms with van der Waals surface area (Å²) in [5.74, 6) is -0.178. The Labute approximate surface area is 229 Å². The summed E-state index contributed by atoms with van der Waals surface area (Å²) in [6.45, 7) is -1.10. The molecule has 0 aliphatic carbocycles. The van der Waals surface area contributed by atoms with Crippen molar-refractivity contribution in [2.75, 3.05) is 24.7 Å². The van der Waals surface area contributed by atoms with Gasteiger partial charge >= 0.3 is 21.8 Å². The van der Waals surface area contributed by atoms with Gasteiger partial charge in [0.25, 0.3) is 5.56 Å². The van der Waals surface area contributed by atoms with E-state index in [9.17, 15) is 28.7 Å². The lowest BCUT2D eigenvalue weighted by atomic mass is 10.2. The summed E-state index contributed by atoms with van der Waals surface area (Å²) in [6.07, 6.45) is -4.09. The first kappa shape index (κ1) is 29.3. The van der Waals surface area contributed by atoms with E-state index in [-0.39, 0.29) is 35.8 Å². The molecule has 0 spiro atoms. The number of nitrogens with one attached hydrogen (secondary N) is 1. The number of nitrogens with two attached hydrogens (primary N) is 2. The summed E-state index contributed by atoms with van der Waals surface area (Å²) in [5, 5.41) is 10.4. The largest absolute Gasteiger partial charge is 0.694 e. The van der Waals surface area contributed by atoms with Gasteiger partial charge in [-0.3, -0.25) is 28.0 Å². The third kappa shape index (κ3) is 6.52. The fourth-order valence-electron chi connectivity index (χ4n) is 4.47. The van der Waals surface area contributed by atoms with Crippen LogP contribution in [0.25, 0.3) is 11.2 Å². The van der Waals surface area contributed by atoms with Crippen molar-refractivity contribution < 1.29 is 47.1 Å². The average Bonchev–Trinajstić information content (AvgIpc) is 3.58. The first-order chi connectivity index (χ1) is 19.4. The molecule has 0 radical (unpaired) electrons. The van der Waals surface area contributed by atoms with Crippen molar-refractivity contribution in [2.24, 2.45) is 0 Å². The molecule has 20 nitrogen and oxygen atoms in total. The summed E-state index contributed by atoms with van der Waals surface area (Å²) in [6, 6.07) is 1.37. The monoisotopic (exact) mass is 619 g/mol. The molecule has 2 saturated heterocycles. The second-order valence-corrected chi connectivity index (χ2v) is 11.2. The van der Waals surface area contributed by atoms with Gasteiger partial charge in [-0.1, -0.05) is 0 Å².